The Morgan fingerprint density at radius 1 is 1.00 bits per heavy atom. The lowest BCUT2D eigenvalue weighted by molar-refractivity contribution is 0.0714. The summed E-state index contributed by atoms with van der Waals surface area (Å²) in [6.07, 6.45) is 0. The summed E-state index contributed by atoms with van der Waals surface area (Å²) < 4.78 is 17.7. The monoisotopic (exact) mass is 523 g/mol. The first-order valence-electron chi connectivity index (χ1n) is 10.2. The minimum atomic E-state index is -0.616. The number of carbonyl (C=O) groups excluding carboxylic acids is 1. The molecule has 0 aliphatic carbocycles. The Kier molecular flexibility index (Phi) is 4.71. The molecule has 8 heteroatoms. The van der Waals surface area contributed by atoms with E-state index in [-0.39, 0.29) is 30.4 Å². The molecule has 164 valence electrons. The van der Waals surface area contributed by atoms with Crippen molar-refractivity contribution in [2.45, 2.75) is 12.6 Å². The van der Waals surface area contributed by atoms with Crippen molar-refractivity contribution in [3.8, 4) is 11.5 Å². The predicted octanol–water partition coefficient (Wildman–Crippen LogP) is 5.68. The molecular formula is C25H15BrClNO5. The molecule has 1 unspecified atom stereocenters. The predicted molar refractivity (Wildman–Crippen MR) is 126 cm³/mol. The van der Waals surface area contributed by atoms with E-state index in [0.29, 0.717) is 33.1 Å². The molecule has 0 N–H and O–H groups in total. The Hall–Kier alpha value is -3.29. The lowest BCUT2D eigenvalue weighted by atomic mass is 9.98. The number of fused-ring (bicyclic) bond motifs is 3. The van der Waals surface area contributed by atoms with Gasteiger partial charge in [-0.2, -0.15) is 0 Å². The van der Waals surface area contributed by atoms with Gasteiger partial charge in [0, 0.05) is 16.0 Å². The summed E-state index contributed by atoms with van der Waals surface area (Å²) >= 11 is 9.64. The summed E-state index contributed by atoms with van der Waals surface area (Å²) in [5.74, 6) is 1.01. The average Bonchev–Trinajstić information content (AvgIpc) is 3.37. The fourth-order valence-electron chi connectivity index (χ4n) is 4.41. The Balaban J connectivity index is 1.53. The van der Waals surface area contributed by atoms with Gasteiger partial charge in [-0.05, 0) is 53.6 Å². The van der Waals surface area contributed by atoms with Gasteiger partial charge in [-0.15, -0.1) is 0 Å². The van der Waals surface area contributed by atoms with E-state index in [1.807, 2.05) is 42.5 Å². The molecule has 6 nitrogen and oxygen atoms in total. The SMILES string of the molecule is O=C1c2oc3ccc(Cl)cc3c(=O)c2C(c2cccc(Br)c2)N1Cc1ccc2c(c1)OCO2. The van der Waals surface area contributed by atoms with Crippen molar-refractivity contribution in [1.82, 2.24) is 4.90 Å². The Bertz CT molecular complexity index is 1510. The van der Waals surface area contributed by atoms with Crippen LogP contribution in [0.3, 0.4) is 0 Å². The Morgan fingerprint density at radius 3 is 2.70 bits per heavy atom. The van der Waals surface area contributed by atoms with Gasteiger partial charge in [0.05, 0.1) is 17.0 Å². The zero-order valence-electron chi connectivity index (χ0n) is 17.0. The highest BCUT2D eigenvalue weighted by molar-refractivity contribution is 9.10. The molecule has 0 saturated heterocycles. The van der Waals surface area contributed by atoms with E-state index < -0.39 is 6.04 Å². The van der Waals surface area contributed by atoms with Gasteiger partial charge < -0.3 is 18.8 Å². The van der Waals surface area contributed by atoms with Crippen LogP contribution in [-0.2, 0) is 6.54 Å². The van der Waals surface area contributed by atoms with E-state index in [1.165, 1.54) is 0 Å². The van der Waals surface area contributed by atoms with E-state index in [0.717, 1.165) is 15.6 Å². The van der Waals surface area contributed by atoms with Gasteiger partial charge in [0.1, 0.15) is 5.58 Å². The Labute approximate surface area is 201 Å². The largest absolute Gasteiger partial charge is 0.454 e. The highest BCUT2D eigenvalue weighted by Gasteiger charge is 2.42. The van der Waals surface area contributed by atoms with Gasteiger partial charge in [0.15, 0.2) is 16.9 Å². The molecule has 0 radical (unpaired) electrons. The molecular weight excluding hydrogens is 510 g/mol. The number of hydrogen-bond donors (Lipinski definition) is 0. The smallest absolute Gasteiger partial charge is 0.291 e. The van der Waals surface area contributed by atoms with Crippen LogP contribution in [0, 0.1) is 0 Å². The van der Waals surface area contributed by atoms with Crippen molar-refractivity contribution in [1.29, 1.82) is 0 Å². The maximum absolute atomic E-state index is 13.6. The van der Waals surface area contributed by atoms with Crippen molar-refractivity contribution in [3.63, 3.8) is 0 Å². The fourth-order valence-corrected chi connectivity index (χ4v) is 5.00. The maximum Gasteiger partial charge on any atom is 0.291 e. The van der Waals surface area contributed by atoms with Crippen molar-refractivity contribution in [2.75, 3.05) is 6.79 Å². The summed E-state index contributed by atoms with van der Waals surface area (Å²) in [5, 5.41) is 0.772. The second-order valence-electron chi connectivity index (χ2n) is 7.89. The molecule has 33 heavy (non-hydrogen) atoms. The van der Waals surface area contributed by atoms with Crippen LogP contribution in [0.2, 0.25) is 5.02 Å². The average molecular weight is 525 g/mol. The number of hydrogen-bond acceptors (Lipinski definition) is 5. The molecule has 6 rings (SSSR count). The van der Waals surface area contributed by atoms with E-state index in [4.69, 9.17) is 25.5 Å². The minimum Gasteiger partial charge on any atom is -0.454 e. The minimum absolute atomic E-state index is 0.0561. The standard InChI is InChI=1S/C25H15BrClNO5/c26-15-3-1-2-14(9-15)22-21-23(29)17-10-16(27)5-7-18(17)33-24(21)25(30)28(22)11-13-4-6-19-20(8-13)32-12-31-19/h1-10,22H,11-12H2. The van der Waals surface area contributed by atoms with Gasteiger partial charge in [-0.25, -0.2) is 0 Å². The second kappa shape index (κ2) is 7.64. The van der Waals surface area contributed by atoms with Crippen LogP contribution in [0.5, 0.6) is 11.5 Å². The van der Waals surface area contributed by atoms with Crippen LogP contribution < -0.4 is 14.9 Å². The third-order valence-corrected chi connectivity index (χ3v) is 6.61. The quantitative estimate of drug-likeness (QED) is 0.345. The summed E-state index contributed by atoms with van der Waals surface area (Å²) in [7, 11) is 0. The first kappa shape index (κ1) is 20.3. The molecule has 0 spiro atoms. The van der Waals surface area contributed by atoms with Gasteiger partial charge in [-0.3, -0.25) is 9.59 Å². The fraction of sp³-hybridized carbons (Fsp3) is 0.120. The van der Waals surface area contributed by atoms with Crippen LogP contribution in [-0.4, -0.2) is 17.6 Å². The molecule has 2 aliphatic heterocycles. The molecule has 0 bridgehead atoms. The lowest BCUT2D eigenvalue weighted by Gasteiger charge is -2.25. The summed E-state index contributed by atoms with van der Waals surface area (Å²) in [5.41, 5.74) is 2.02. The number of amides is 1. The highest BCUT2D eigenvalue weighted by Crippen LogP contribution is 2.41. The van der Waals surface area contributed by atoms with Gasteiger partial charge in [0.2, 0.25) is 12.6 Å². The van der Waals surface area contributed by atoms with Crippen LogP contribution in [0.1, 0.15) is 33.3 Å². The normalized spacial score (nSPS) is 16.5. The maximum atomic E-state index is 13.6. The van der Waals surface area contributed by atoms with Crippen molar-refractivity contribution in [3.05, 3.63) is 103 Å². The topological polar surface area (TPSA) is 69.0 Å². The molecule has 0 saturated carbocycles. The molecule has 0 fully saturated rings. The third-order valence-electron chi connectivity index (χ3n) is 5.88. The number of rotatable bonds is 3. The number of nitrogens with zero attached hydrogens (tertiary/aromatic N) is 1. The first-order valence-corrected chi connectivity index (χ1v) is 11.4. The lowest BCUT2D eigenvalue weighted by Crippen LogP contribution is -2.29. The van der Waals surface area contributed by atoms with E-state index in [2.05, 4.69) is 15.9 Å². The number of ether oxygens (including phenoxy) is 2. The summed E-state index contributed by atoms with van der Waals surface area (Å²) in [6.45, 7) is 0.425. The van der Waals surface area contributed by atoms with Gasteiger partial charge >= 0.3 is 0 Å². The summed E-state index contributed by atoms with van der Waals surface area (Å²) in [4.78, 5) is 28.8. The molecule has 1 aromatic heterocycles. The van der Waals surface area contributed by atoms with Gasteiger partial charge in [0.25, 0.3) is 5.91 Å². The van der Waals surface area contributed by atoms with Crippen LogP contribution in [0.25, 0.3) is 11.0 Å². The number of benzene rings is 3. The van der Waals surface area contributed by atoms with Crippen molar-refractivity contribution in [2.24, 2.45) is 0 Å². The molecule has 4 aromatic rings. The molecule has 3 heterocycles. The zero-order chi connectivity index (χ0) is 22.7. The third kappa shape index (κ3) is 3.31. The second-order valence-corrected chi connectivity index (χ2v) is 9.24. The van der Waals surface area contributed by atoms with Crippen LogP contribution >= 0.6 is 27.5 Å². The first-order chi connectivity index (χ1) is 16.0. The highest BCUT2D eigenvalue weighted by atomic mass is 79.9. The van der Waals surface area contributed by atoms with Crippen molar-refractivity contribution < 1.29 is 18.7 Å². The molecule has 1 amide bonds. The Morgan fingerprint density at radius 2 is 1.85 bits per heavy atom. The van der Waals surface area contributed by atoms with E-state index >= 15 is 0 Å². The van der Waals surface area contributed by atoms with Gasteiger partial charge in [-0.1, -0.05) is 45.7 Å². The van der Waals surface area contributed by atoms with Crippen LogP contribution in [0.15, 0.2) is 74.3 Å². The van der Waals surface area contributed by atoms with E-state index in [9.17, 15) is 9.59 Å². The zero-order valence-corrected chi connectivity index (χ0v) is 19.4. The van der Waals surface area contributed by atoms with Crippen LogP contribution in [0.4, 0.5) is 0 Å². The number of halogens is 2. The van der Waals surface area contributed by atoms with Crippen molar-refractivity contribution >= 4 is 44.4 Å². The molecule has 2 aliphatic rings. The molecule has 1 atom stereocenters. The number of carbonyl (C=O) groups is 1. The summed E-state index contributed by atoms with van der Waals surface area (Å²) in [6, 6.07) is 17.3. The molecule has 3 aromatic carbocycles. The van der Waals surface area contributed by atoms with E-state index in [1.54, 1.807) is 23.1 Å².